The molecule has 0 aromatic carbocycles. The summed E-state index contributed by atoms with van der Waals surface area (Å²) in [5.74, 6) is 0.170. The van der Waals surface area contributed by atoms with Gasteiger partial charge in [-0.2, -0.15) is 0 Å². The van der Waals surface area contributed by atoms with Gasteiger partial charge in [-0.1, -0.05) is 60.1 Å². The van der Waals surface area contributed by atoms with Crippen molar-refractivity contribution >= 4 is 17.9 Å². The van der Waals surface area contributed by atoms with E-state index in [-0.39, 0.29) is 74.9 Å². The molecule has 10 atom stereocenters. The van der Waals surface area contributed by atoms with Crippen LogP contribution in [0.15, 0.2) is 11.6 Å². The van der Waals surface area contributed by atoms with Gasteiger partial charge in [-0.15, -0.1) is 0 Å². The molecule has 5 aliphatic carbocycles. The molecule has 6 nitrogen and oxygen atoms in total. The summed E-state index contributed by atoms with van der Waals surface area (Å²) in [4.78, 5) is 37.7. The summed E-state index contributed by atoms with van der Waals surface area (Å²) in [6.45, 7) is 19.7. The quantitative estimate of drug-likeness (QED) is 0.201. The molecule has 0 aromatic heterocycles. The topological polar surface area (TPSA) is 78.9 Å². The SMILES string of the molecule is COC(=O)C1CC(C)(C)CC2C3=CCC4C5(C)CCC(OC(C)=O)C(C)(C)C5CCC4(C)C3(C)CC(OC(C)=O)C12. The molecule has 41 heavy (non-hydrogen) atoms. The van der Waals surface area contributed by atoms with Crippen LogP contribution < -0.4 is 0 Å². The fourth-order valence-electron chi connectivity index (χ4n) is 11.8. The maximum Gasteiger partial charge on any atom is 0.309 e. The second kappa shape index (κ2) is 9.84. The van der Waals surface area contributed by atoms with E-state index in [2.05, 4.69) is 54.5 Å². The number of ether oxygens (including phenoxy) is 3. The van der Waals surface area contributed by atoms with Gasteiger partial charge in [-0.3, -0.25) is 14.4 Å². The van der Waals surface area contributed by atoms with Gasteiger partial charge in [0.25, 0.3) is 0 Å². The zero-order valence-corrected chi connectivity index (χ0v) is 27.2. The Morgan fingerprint density at radius 2 is 1.49 bits per heavy atom. The Morgan fingerprint density at radius 1 is 0.829 bits per heavy atom. The lowest BCUT2D eigenvalue weighted by molar-refractivity contribution is -0.219. The number of allylic oxidation sites excluding steroid dienone is 2. The minimum Gasteiger partial charge on any atom is -0.469 e. The predicted octanol–water partition coefficient (Wildman–Crippen LogP) is 7.29. The number of rotatable bonds is 3. The largest absolute Gasteiger partial charge is 0.469 e. The van der Waals surface area contributed by atoms with E-state index in [4.69, 9.17) is 14.2 Å². The van der Waals surface area contributed by atoms with Crippen molar-refractivity contribution in [1.82, 2.24) is 0 Å². The average Bonchev–Trinajstić information content (AvgIpc) is 2.84. The van der Waals surface area contributed by atoms with Crippen molar-refractivity contribution in [3.05, 3.63) is 11.6 Å². The molecule has 5 aliphatic rings. The summed E-state index contributed by atoms with van der Waals surface area (Å²) in [7, 11) is 1.48. The van der Waals surface area contributed by atoms with Crippen LogP contribution in [-0.4, -0.2) is 37.2 Å². The summed E-state index contributed by atoms with van der Waals surface area (Å²) in [6, 6.07) is 0. The molecule has 0 aromatic rings. The van der Waals surface area contributed by atoms with Crippen LogP contribution in [0.5, 0.6) is 0 Å². The lowest BCUT2D eigenvalue weighted by Gasteiger charge is -2.71. The Labute approximate surface area is 247 Å². The number of carbonyl (C=O) groups excluding carboxylic acids is 3. The van der Waals surface area contributed by atoms with Crippen LogP contribution in [0.3, 0.4) is 0 Å². The highest BCUT2D eigenvalue weighted by Gasteiger charge is 2.69. The zero-order chi connectivity index (χ0) is 30.3. The molecule has 0 spiro atoms. The van der Waals surface area contributed by atoms with Crippen molar-refractivity contribution in [3.8, 4) is 0 Å². The van der Waals surface area contributed by atoms with Gasteiger partial charge in [0.05, 0.1) is 13.0 Å². The predicted molar refractivity (Wildman–Crippen MR) is 157 cm³/mol. The minimum absolute atomic E-state index is 0.0135. The Bertz CT molecular complexity index is 1140. The second-order valence-electron chi connectivity index (χ2n) is 16.5. The third-order valence-electron chi connectivity index (χ3n) is 13.5. The van der Waals surface area contributed by atoms with Crippen LogP contribution >= 0.6 is 0 Å². The molecular formula is C35H54O6. The highest BCUT2D eigenvalue weighted by atomic mass is 16.5. The third kappa shape index (κ3) is 4.51. The number of esters is 3. The van der Waals surface area contributed by atoms with Crippen molar-refractivity contribution in [2.24, 2.45) is 56.7 Å². The van der Waals surface area contributed by atoms with E-state index in [9.17, 15) is 14.4 Å². The van der Waals surface area contributed by atoms with Crippen LogP contribution in [0.4, 0.5) is 0 Å². The molecule has 0 saturated heterocycles. The lowest BCUT2D eigenvalue weighted by atomic mass is 9.34. The van der Waals surface area contributed by atoms with E-state index in [0.29, 0.717) is 11.8 Å². The average molecular weight is 571 g/mol. The van der Waals surface area contributed by atoms with Gasteiger partial charge in [0.2, 0.25) is 0 Å². The Morgan fingerprint density at radius 3 is 2.10 bits per heavy atom. The molecule has 4 saturated carbocycles. The third-order valence-corrected chi connectivity index (χ3v) is 13.5. The minimum atomic E-state index is -0.308. The van der Waals surface area contributed by atoms with Crippen LogP contribution in [0.25, 0.3) is 0 Å². The number of fused-ring (bicyclic) bond motifs is 7. The molecular weight excluding hydrogens is 516 g/mol. The number of hydrogen-bond acceptors (Lipinski definition) is 6. The summed E-state index contributed by atoms with van der Waals surface area (Å²) in [5, 5.41) is 0. The van der Waals surface area contributed by atoms with Crippen molar-refractivity contribution in [3.63, 3.8) is 0 Å². The molecule has 0 amide bonds. The normalized spacial score (nSPS) is 45.9. The Balaban J connectivity index is 1.59. The first-order valence-corrected chi connectivity index (χ1v) is 16.0. The first-order chi connectivity index (χ1) is 18.9. The molecule has 0 radical (unpaired) electrons. The standard InChI is InChI=1S/C35H54O6/c1-20(36)40-25-19-35(9)24(22-17-31(3,4)18-23(29(22)25)30(38)39-10)11-12-27-33(7)15-14-28(41-21(2)37)32(5,6)26(33)13-16-34(27,35)8/h11,22-23,25-29H,12-19H2,1-10H3. The molecule has 6 heteroatoms. The van der Waals surface area contributed by atoms with Gasteiger partial charge in [-0.05, 0) is 90.8 Å². The van der Waals surface area contributed by atoms with E-state index in [1.54, 1.807) is 0 Å². The smallest absolute Gasteiger partial charge is 0.309 e. The van der Waals surface area contributed by atoms with Crippen molar-refractivity contribution in [2.75, 3.05) is 7.11 Å². The Hall–Kier alpha value is -1.85. The molecule has 10 unspecified atom stereocenters. The number of carbonyl (C=O) groups is 3. The Kier molecular flexibility index (Phi) is 7.34. The molecule has 0 bridgehead atoms. The molecule has 4 fully saturated rings. The van der Waals surface area contributed by atoms with E-state index in [0.717, 1.165) is 51.4 Å². The fourth-order valence-corrected chi connectivity index (χ4v) is 11.8. The van der Waals surface area contributed by atoms with Gasteiger partial charge < -0.3 is 14.2 Å². The van der Waals surface area contributed by atoms with Crippen molar-refractivity contribution in [1.29, 1.82) is 0 Å². The molecule has 0 N–H and O–H groups in total. The molecule has 0 heterocycles. The number of hydrogen-bond donors (Lipinski definition) is 0. The molecule has 230 valence electrons. The monoisotopic (exact) mass is 570 g/mol. The summed E-state index contributed by atoms with van der Waals surface area (Å²) in [5.41, 5.74) is 1.40. The zero-order valence-electron chi connectivity index (χ0n) is 27.2. The fraction of sp³-hybridized carbons (Fsp3) is 0.857. The van der Waals surface area contributed by atoms with Crippen LogP contribution in [0.2, 0.25) is 0 Å². The number of methoxy groups -OCH3 is 1. The first kappa shape index (κ1) is 30.6. The van der Waals surface area contributed by atoms with E-state index < -0.39 is 0 Å². The van der Waals surface area contributed by atoms with Crippen LogP contribution in [0, 0.1) is 56.7 Å². The van der Waals surface area contributed by atoms with Gasteiger partial charge in [-0.25, -0.2) is 0 Å². The highest BCUT2D eigenvalue weighted by Crippen LogP contribution is 2.75. The highest BCUT2D eigenvalue weighted by molar-refractivity contribution is 5.73. The maximum absolute atomic E-state index is 13.2. The summed E-state index contributed by atoms with van der Waals surface area (Å²) < 4.78 is 17.4. The van der Waals surface area contributed by atoms with Crippen LogP contribution in [-0.2, 0) is 28.6 Å². The van der Waals surface area contributed by atoms with E-state index in [1.807, 2.05) is 0 Å². The van der Waals surface area contributed by atoms with Crippen LogP contribution in [0.1, 0.15) is 114 Å². The van der Waals surface area contributed by atoms with Gasteiger partial charge in [0.15, 0.2) is 0 Å². The van der Waals surface area contributed by atoms with Crippen molar-refractivity contribution in [2.45, 2.75) is 126 Å². The van der Waals surface area contributed by atoms with Gasteiger partial charge in [0.1, 0.15) is 12.2 Å². The van der Waals surface area contributed by atoms with Crippen molar-refractivity contribution < 1.29 is 28.6 Å². The lowest BCUT2D eigenvalue weighted by Crippen LogP contribution is -2.66. The summed E-state index contributed by atoms with van der Waals surface area (Å²) >= 11 is 0. The van der Waals surface area contributed by atoms with E-state index in [1.165, 1.54) is 26.5 Å². The van der Waals surface area contributed by atoms with Gasteiger partial charge >= 0.3 is 17.9 Å². The van der Waals surface area contributed by atoms with Gasteiger partial charge in [0, 0.05) is 25.2 Å². The molecule has 0 aliphatic heterocycles. The molecule has 5 rings (SSSR count). The van der Waals surface area contributed by atoms with E-state index >= 15 is 0 Å². The summed E-state index contributed by atoms with van der Waals surface area (Å²) in [6.07, 6.45) is 9.87. The first-order valence-electron chi connectivity index (χ1n) is 16.0. The second-order valence-corrected chi connectivity index (χ2v) is 16.5. The maximum atomic E-state index is 13.2.